The van der Waals surface area contributed by atoms with Crippen LogP contribution < -0.4 is 0 Å². The van der Waals surface area contributed by atoms with Crippen molar-refractivity contribution in [3.63, 3.8) is 0 Å². The third-order valence-electron chi connectivity index (χ3n) is 4.85. The van der Waals surface area contributed by atoms with Gasteiger partial charge in [0.25, 0.3) is 0 Å². The number of rotatable bonds is 6. The third kappa shape index (κ3) is 4.53. The van der Waals surface area contributed by atoms with Crippen LogP contribution in [0.1, 0.15) is 38.4 Å². The molecule has 3 rings (SSSR count). The van der Waals surface area contributed by atoms with Crippen LogP contribution in [-0.2, 0) is 27.4 Å². The van der Waals surface area contributed by atoms with Crippen molar-refractivity contribution in [1.82, 2.24) is 30.0 Å². The number of nitrogens with zero attached hydrogens (tertiary/aromatic N) is 6. The summed E-state index contributed by atoms with van der Waals surface area (Å²) in [5, 5.41) is 11.7. The van der Waals surface area contributed by atoms with Gasteiger partial charge in [0.2, 0.25) is 5.91 Å². The molecule has 0 bridgehead atoms. The summed E-state index contributed by atoms with van der Waals surface area (Å²) < 4.78 is 6.67. The molecule has 0 aliphatic carbocycles. The minimum absolute atomic E-state index is 0.0519. The van der Waals surface area contributed by atoms with Gasteiger partial charge in [0.1, 0.15) is 6.54 Å². The highest BCUT2D eigenvalue weighted by Crippen LogP contribution is 2.18. The minimum atomic E-state index is -0.226. The van der Waals surface area contributed by atoms with E-state index in [1.54, 1.807) is 16.5 Å². The molecule has 0 aromatic carbocycles. The van der Waals surface area contributed by atoms with E-state index in [2.05, 4.69) is 20.4 Å². The van der Waals surface area contributed by atoms with Crippen LogP contribution in [0.5, 0.6) is 0 Å². The summed E-state index contributed by atoms with van der Waals surface area (Å²) >= 11 is 0. The second kappa shape index (κ2) is 8.37. The van der Waals surface area contributed by atoms with Crippen LogP contribution in [0.3, 0.4) is 0 Å². The number of tetrazole rings is 1. The van der Waals surface area contributed by atoms with E-state index in [-0.39, 0.29) is 24.3 Å². The SMILES string of the molecule is CCOC(=O)C1CCCN(C(=O)Cn2nnnc2CN2CCCC2)C1. The summed E-state index contributed by atoms with van der Waals surface area (Å²) in [7, 11) is 0. The number of piperidine rings is 1. The highest BCUT2D eigenvalue weighted by atomic mass is 16.5. The zero-order valence-corrected chi connectivity index (χ0v) is 14.8. The number of hydrogen-bond acceptors (Lipinski definition) is 7. The quantitative estimate of drug-likeness (QED) is 0.670. The van der Waals surface area contributed by atoms with Crippen LogP contribution in [0, 0.1) is 5.92 Å². The average Bonchev–Trinajstić information content (AvgIpc) is 3.28. The molecule has 25 heavy (non-hydrogen) atoms. The van der Waals surface area contributed by atoms with Crippen LogP contribution in [0.25, 0.3) is 0 Å². The first-order valence-corrected chi connectivity index (χ1v) is 9.09. The molecule has 0 radical (unpaired) electrons. The van der Waals surface area contributed by atoms with Gasteiger partial charge in [-0.25, -0.2) is 4.68 Å². The number of likely N-dealkylation sites (tertiary alicyclic amines) is 2. The van der Waals surface area contributed by atoms with Gasteiger partial charge in [-0.15, -0.1) is 5.10 Å². The fourth-order valence-electron chi connectivity index (χ4n) is 3.48. The monoisotopic (exact) mass is 350 g/mol. The molecule has 2 fully saturated rings. The Hall–Kier alpha value is -2.03. The lowest BCUT2D eigenvalue weighted by atomic mass is 9.98. The number of carbonyl (C=O) groups is 2. The second-order valence-electron chi connectivity index (χ2n) is 6.67. The summed E-state index contributed by atoms with van der Waals surface area (Å²) in [6, 6.07) is 0. The van der Waals surface area contributed by atoms with Crippen molar-refractivity contribution in [1.29, 1.82) is 0 Å². The molecule has 1 unspecified atom stereocenters. The van der Waals surface area contributed by atoms with Crippen LogP contribution in [-0.4, -0.2) is 74.7 Å². The molecule has 2 saturated heterocycles. The summed E-state index contributed by atoms with van der Waals surface area (Å²) in [5.41, 5.74) is 0. The first-order valence-electron chi connectivity index (χ1n) is 9.09. The lowest BCUT2D eigenvalue weighted by Gasteiger charge is -2.31. The molecular formula is C16H26N6O3. The van der Waals surface area contributed by atoms with E-state index in [4.69, 9.17) is 4.74 Å². The lowest BCUT2D eigenvalue weighted by molar-refractivity contribution is -0.151. The molecule has 1 aromatic rings. The van der Waals surface area contributed by atoms with Crippen molar-refractivity contribution in [2.24, 2.45) is 5.92 Å². The van der Waals surface area contributed by atoms with Gasteiger partial charge in [-0.2, -0.15) is 0 Å². The van der Waals surface area contributed by atoms with Crippen molar-refractivity contribution < 1.29 is 14.3 Å². The predicted molar refractivity (Wildman–Crippen MR) is 88.3 cm³/mol. The molecule has 0 N–H and O–H groups in total. The Morgan fingerprint density at radius 3 is 2.76 bits per heavy atom. The standard InChI is InChI=1S/C16H26N6O3/c1-2-25-16(24)13-6-5-9-21(10-13)15(23)12-22-14(17-18-19-22)11-20-7-3-4-8-20/h13H,2-12H2,1H3. The largest absolute Gasteiger partial charge is 0.466 e. The second-order valence-corrected chi connectivity index (χ2v) is 6.67. The topological polar surface area (TPSA) is 93.5 Å². The molecule has 2 aliphatic heterocycles. The van der Waals surface area contributed by atoms with E-state index in [9.17, 15) is 9.59 Å². The smallest absolute Gasteiger partial charge is 0.310 e. The van der Waals surface area contributed by atoms with E-state index in [0.29, 0.717) is 32.1 Å². The number of ether oxygens (including phenoxy) is 1. The predicted octanol–water partition coefficient (Wildman–Crippen LogP) is 0.0706. The van der Waals surface area contributed by atoms with Gasteiger partial charge in [0, 0.05) is 13.1 Å². The van der Waals surface area contributed by atoms with Crippen LogP contribution in [0.4, 0.5) is 0 Å². The zero-order valence-electron chi connectivity index (χ0n) is 14.8. The van der Waals surface area contributed by atoms with Crippen LogP contribution >= 0.6 is 0 Å². The molecule has 138 valence electrons. The van der Waals surface area contributed by atoms with Gasteiger partial charge in [-0.1, -0.05) is 0 Å². The maximum Gasteiger partial charge on any atom is 0.310 e. The van der Waals surface area contributed by atoms with Crippen molar-refractivity contribution in [3.8, 4) is 0 Å². The average molecular weight is 350 g/mol. The van der Waals surface area contributed by atoms with Crippen LogP contribution in [0.2, 0.25) is 0 Å². The molecule has 3 heterocycles. The van der Waals surface area contributed by atoms with Crippen molar-refractivity contribution in [3.05, 3.63) is 5.82 Å². The van der Waals surface area contributed by atoms with E-state index in [0.717, 1.165) is 25.9 Å². The summed E-state index contributed by atoms with van der Waals surface area (Å²) in [6.45, 7) is 6.14. The molecule has 9 nitrogen and oxygen atoms in total. The zero-order chi connectivity index (χ0) is 17.6. The summed E-state index contributed by atoms with van der Waals surface area (Å²) in [5.74, 6) is 0.228. The molecule has 1 aromatic heterocycles. The molecule has 2 aliphatic rings. The lowest BCUT2D eigenvalue weighted by Crippen LogP contribution is -2.44. The van der Waals surface area contributed by atoms with Crippen LogP contribution in [0.15, 0.2) is 0 Å². The first-order chi connectivity index (χ1) is 12.2. The highest BCUT2D eigenvalue weighted by Gasteiger charge is 2.30. The number of amides is 1. The van der Waals surface area contributed by atoms with Gasteiger partial charge in [-0.05, 0) is 56.1 Å². The van der Waals surface area contributed by atoms with Crippen molar-refractivity contribution >= 4 is 11.9 Å². The van der Waals surface area contributed by atoms with Gasteiger partial charge in [0.05, 0.1) is 19.1 Å². The molecule has 1 amide bonds. The summed E-state index contributed by atoms with van der Waals surface area (Å²) in [6.07, 6.45) is 3.98. The number of carbonyl (C=O) groups excluding carboxylic acids is 2. The Morgan fingerprint density at radius 1 is 1.20 bits per heavy atom. The maximum atomic E-state index is 12.6. The molecule has 1 atom stereocenters. The van der Waals surface area contributed by atoms with E-state index < -0.39 is 0 Å². The molecule has 0 spiro atoms. The van der Waals surface area contributed by atoms with Crippen molar-refractivity contribution in [2.45, 2.75) is 45.7 Å². The Labute approximate surface area is 147 Å². The van der Waals surface area contributed by atoms with Gasteiger partial charge >= 0.3 is 5.97 Å². The summed E-state index contributed by atoms with van der Waals surface area (Å²) in [4.78, 5) is 28.6. The van der Waals surface area contributed by atoms with Gasteiger partial charge in [0.15, 0.2) is 5.82 Å². The molecular weight excluding hydrogens is 324 g/mol. The van der Waals surface area contributed by atoms with Gasteiger partial charge < -0.3 is 9.64 Å². The van der Waals surface area contributed by atoms with Gasteiger partial charge in [-0.3, -0.25) is 14.5 Å². The Balaban J connectivity index is 1.56. The van der Waals surface area contributed by atoms with E-state index in [1.807, 2.05) is 0 Å². The normalized spacial score (nSPS) is 21.5. The Bertz CT molecular complexity index is 598. The molecule has 0 saturated carbocycles. The minimum Gasteiger partial charge on any atom is -0.466 e. The third-order valence-corrected chi connectivity index (χ3v) is 4.85. The Morgan fingerprint density at radius 2 is 2.00 bits per heavy atom. The fourth-order valence-corrected chi connectivity index (χ4v) is 3.48. The fraction of sp³-hybridized carbons (Fsp3) is 0.812. The van der Waals surface area contributed by atoms with E-state index in [1.165, 1.54) is 12.8 Å². The van der Waals surface area contributed by atoms with Crippen molar-refractivity contribution in [2.75, 3.05) is 32.8 Å². The highest BCUT2D eigenvalue weighted by molar-refractivity contribution is 5.78. The first kappa shape index (κ1) is 17.8. The van der Waals surface area contributed by atoms with E-state index >= 15 is 0 Å². The number of aromatic nitrogens is 4. The number of esters is 1. The number of hydrogen-bond donors (Lipinski definition) is 0. The maximum absolute atomic E-state index is 12.6. The Kier molecular flexibility index (Phi) is 5.95. The molecule has 9 heteroatoms.